The molecule has 1 radical (unpaired) electrons. The zero-order valence-electron chi connectivity index (χ0n) is 6.73. The van der Waals surface area contributed by atoms with Crippen molar-refractivity contribution in [2.24, 2.45) is 0 Å². The Morgan fingerprint density at radius 3 is 2.25 bits per heavy atom. The lowest BCUT2D eigenvalue weighted by Gasteiger charge is -1.99. The average molecular weight is 183 g/mol. The second kappa shape index (κ2) is 3.72. The van der Waals surface area contributed by atoms with Crippen LogP contribution in [0.15, 0.2) is 30.3 Å². The second-order valence-electron chi connectivity index (χ2n) is 2.58. The van der Waals surface area contributed by atoms with E-state index in [1.54, 1.807) is 12.1 Å². The van der Waals surface area contributed by atoms with Crippen LogP contribution in [0.5, 0.6) is 0 Å². The Hall–Kier alpha value is -0.830. The van der Waals surface area contributed by atoms with Gasteiger partial charge in [-0.2, -0.15) is 0 Å². The molecule has 1 aromatic rings. The van der Waals surface area contributed by atoms with Crippen molar-refractivity contribution in [3.8, 4) is 0 Å². The van der Waals surface area contributed by atoms with Crippen LogP contribution >= 0.6 is 0 Å². The molecule has 0 fully saturated rings. The van der Waals surface area contributed by atoms with Crippen molar-refractivity contribution in [2.45, 2.75) is 5.75 Å². The summed E-state index contributed by atoms with van der Waals surface area (Å²) in [6.45, 7) is 3.37. The Balaban J connectivity index is 2.78. The van der Waals surface area contributed by atoms with Gasteiger partial charge < -0.3 is 0 Å². The summed E-state index contributed by atoms with van der Waals surface area (Å²) in [5.41, 5.74) is 0.821. The van der Waals surface area contributed by atoms with Gasteiger partial charge in [0.15, 0.2) is 9.84 Å². The minimum atomic E-state index is -2.98. The molecule has 0 aliphatic rings. The van der Waals surface area contributed by atoms with E-state index < -0.39 is 9.84 Å². The van der Waals surface area contributed by atoms with Crippen molar-refractivity contribution in [1.82, 2.24) is 0 Å². The van der Waals surface area contributed by atoms with E-state index in [0.717, 1.165) is 5.56 Å². The van der Waals surface area contributed by atoms with E-state index in [9.17, 15) is 8.42 Å². The molecule has 65 valence electrons. The molecular formula is C9H11O2S. The predicted molar refractivity (Wildman–Crippen MR) is 49.3 cm³/mol. The lowest BCUT2D eigenvalue weighted by atomic mass is 10.2. The van der Waals surface area contributed by atoms with Crippen LogP contribution in [-0.4, -0.2) is 14.2 Å². The highest BCUT2D eigenvalue weighted by atomic mass is 32.2. The first-order valence-corrected chi connectivity index (χ1v) is 5.50. The highest BCUT2D eigenvalue weighted by Gasteiger charge is 2.07. The summed E-state index contributed by atoms with van der Waals surface area (Å²) in [5, 5.41) is 0. The van der Waals surface area contributed by atoms with Crippen LogP contribution in [0, 0.1) is 6.92 Å². The van der Waals surface area contributed by atoms with Crippen molar-refractivity contribution < 1.29 is 8.42 Å². The highest BCUT2D eigenvalue weighted by molar-refractivity contribution is 7.90. The van der Waals surface area contributed by atoms with E-state index in [4.69, 9.17) is 0 Å². The van der Waals surface area contributed by atoms with E-state index in [2.05, 4.69) is 6.92 Å². The van der Waals surface area contributed by atoms with Crippen LogP contribution in [0.3, 0.4) is 0 Å². The first-order valence-electron chi connectivity index (χ1n) is 3.67. The molecule has 0 aliphatic heterocycles. The molecule has 0 heterocycles. The maximum Gasteiger partial charge on any atom is 0.154 e. The van der Waals surface area contributed by atoms with Gasteiger partial charge in [0, 0.05) is 0 Å². The molecule has 12 heavy (non-hydrogen) atoms. The van der Waals surface area contributed by atoms with Gasteiger partial charge in [-0.25, -0.2) is 8.42 Å². The highest BCUT2D eigenvalue weighted by Crippen LogP contribution is 2.04. The summed E-state index contributed by atoms with van der Waals surface area (Å²) in [6.07, 6.45) is 0. The van der Waals surface area contributed by atoms with Crippen molar-refractivity contribution in [3.63, 3.8) is 0 Å². The molecule has 0 spiro atoms. The summed E-state index contributed by atoms with van der Waals surface area (Å²) in [4.78, 5) is 0. The van der Waals surface area contributed by atoms with E-state index in [1.165, 1.54) is 0 Å². The Morgan fingerprint density at radius 1 is 1.17 bits per heavy atom. The Bertz CT molecular complexity index is 327. The minimum Gasteiger partial charge on any atom is -0.228 e. The van der Waals surface area contributed by atoms with Gasteiger partial charge in [-0.05, 0) is 12.5 Å². The summed E-state index contributed by atoms with van der Waals surface area (Å²) in [5.74, 6) is 0.0548. The molecule has 0 N–H and O–H groups in total. The molecule has 0 aliphatic carbocycles. The second-order valence-corrected chi connectivity index (χ2v) is 4.76. The molecule has 0 unspecified atom stereocenters. The molecule has 0 saturated carbocycles. The molecule has 2 nitrogen and oxygen atoms in total. The molecular weight excluding hydrogens is 172 g/mol. The average Bonchev–Trinajstić information content (AvgIpc) is 2.06. The van der Waals surface area contributed by atoms with E-state index in [1.807, 2.05) is 18.2 Å². The Kier molecular flexibility index (Phi) is 2.87. The summed E-state index contributed by atoms with van der Waals surface area (Å²) < 4.78 is 22.2. The van der Waals surface area contributed by atoms with Gasteiger partial charge in [0.25, 0.3) is 0 Å². The third-order valence-corrected chi connectivity index (χ3v) is 2.94. The number of rotatable bonds is 3. The predicted octanol–water partition coefficient (Wildman–Crippen LogP) is 1.44. The third-order valence-electron chi connectivity index (χ3n) is 1.54. The molecule has 0 bridgehead atoms. The largest absolute Gasteiger partial charge is 0.228 e. The van der Waals surface area contributed by atoms with Crippen LogP contribution in [0.2, 0.25) is 0 Å². The van der Waals surface area contributed by atoms with E-state index in [0.29, 0.717) is 0 Å². The zero-order chi connectivity index (χ0) is 9.03. The van der Waals surface area contributed by atoms with Gasteiger partial charge in [0.2, 0.25) is 0 Å². The zero-order valence-corrected chi connectivity index (χ0v) is 7.55. The summed E-state index contributed by atoms with van der Waals surface area (Å²) >= 11 is 0. The lowest BCUT2D eigenvalue weighted by molar-refractivity contribution is 0.598. The molecule has 1 aromatic carbocycles. The third kappa shape index (κ3) is 2.66. The van der Waals surface area contributed by atoms with Gasteiger partial charge >= 0.3 is 0 Å². The first kappa shape index (κ1) is 9.26. The maximum atomic E-state index is 11.1. The van der Waals surface area contributed by atoms with Gasteiger partial charge in [-0.3, -0.25) is 0 Å². The van der Waals surface area contributed by atoms with E-state index in [-0.39, 0.29) is 11.5 Å². The monoisotopic (exact) mass is 183 g/mol. The topological polar surface area (TPSA) is 34.1 Å². The van der Waals surface area contributed by atoms with Crippen molar-refractivity contribution in [2.75, 3.05) is 5.75 Å². The van der Waals surface area contributed by atoms with Gasteiger partial charge in [0.1, 0.15) is 0 Å². The first-order chi connectivity index (χ1) is 5.64. The quantitative estimate of drug-likeness (QED) is 0.710. The normalized spacial score (nSPS) is 11.4. The maximum absolute atomic E-state index is 11.1. The number of sulfone groups is 1. The number of hydrogen-bond acceptors (Lipinski definition) is 2. The summed E-state index contributed by atoms with van der Waals surface area (Å²) in [7, 11) is -2.98. The molecule has 1 rings (SSSR count). The van der Waals surface area contributed by atoms with E-state index >= 15 is 0 Å². The number of hydrogen-bond donors (Lipinski definition) is 0. The van der Waals surface area contributed by atoms with Crippen LogP contribution in [0.4, 0.5) is 0 Å². The van der Waals surface area contributed by atoms with Crippen LogP contribution < -0.4 is 0 Å². The molecule has 0 aromatic heterocycles. The molecule has 0 amide bonds. The standard InChI is InChI=1S/C9H11O2S/c1-2-12(10,11)8-9-6-4-3-5-7-9/h3-7H,1-2,8H2. The SMILES string of the molecule is [CH2]CS(=O)(=O)Cc1ccccc1. The Morgan fingerprint density at radius 2 is 1.75 bits per heavy atom. The van der Waals surface area contributed by atoms with Crippen LogP contribution in [0.25, 0.3) is 0 Å². The fourth-order valence-corrected chi connectivity index (χ4v) is 1.74. The van der Waals surface area contributed by atoms with Crippen molar-refractivity contribution in [3.05, 3.63) is 42.8 Å². The van der Waals surface area contributed by atoms with Gasteiger partial charge in [-0.1, -0.05) is 30.3 Å². The Labute approximate surface area is 73.2 Å². The fraction of sp³-hybridized carbons (Fsp3) is 0.222. The molecule has 0 atom stereocenters. The van der Waals surface area contributed by atoms with Crippen molar-refractivity contribution >= 4 is 9.84 Å². The van der Waals surface area contributed by atoms with Crippen LogP contribution in [0.1, 0.15) is 5.56 Å². The van der Waals surface area contributed by atoms with Crippen LogP contribution in [-0.2, 0) is 15.6 Å². The molecule has 3 heteroatoms. The van der Waals surface area contributed by atoms with Crippen molar-refractivity contribution in [1.29, 1.82) is 0 Å². The minimum absolute atomic E-state index is 0.0398. The summed E-state index contributed by atoms with van der Waals surface area (Å²) in [6, 6.07) is 9.11. The van der Waals surface area contributed by atoms with Gasteiger partial charge in [-0.15, -0.1) is 0 Å². The smallest absolute Gasteiger partial charge is 0.154 e. The molecule has 0 saturated heterocycles. The lowest BCUT2D eigenvalue weighted by Crippen LogP contribution is -2.06. The van der Waals surface area contributed by atoms with Gasteiger partial charge in [0.05, 0.1) is 11.5 Å². The fourth-order valence-electron chi connectivity index (χ4n) is 0.900. The number of benzene rings is 1.